The van der Waals surface area contributed by atoms with Crippen molar-refractivity contribution >= 4 is 29.3 Å². The monoisotopic (exact) mass is 523 g/mol. The van der Waals surface area contributed by atoms with Crippen molar-refractivity contribution in [2.24, 2.45) is 5.92 Å². The molecule has 0 spiro atoms. The Bertz CT molecular complexity index is 1340. The van der Waals surface area contributed by atoms with Crippen molar-refractivity contribution in [2.45, 2.75) is 62.3 Å². The summed E-state index contributed by atoms with van der Waals surface area (Å²) in [6, 6.07) is 10.5. The highest BCUT2D eigenvalue weighted by Gasteiger charge is 2.63. The number of ether oxygens (including phenoxy) is 1. The number of nitrogens with one attached hydrogen (secondary N) is 1. The van der Waals surface area contributed by atoms with Crippen LogP contribution in [-0.2, 0) is 16.1 Å². The molecule has 3 saturated heterocycles. The van der Waals surface area contributed by atoms with Crippen LogP contribution in [0.1, 0.15) is 59.5 Å². The lowest BCUT2D eigenvalue weighted by Gasteiger charge is -2.53. The summed E-state index contributed by atoms with van der Waals surface area (Å²) in [6.45, 7) is 2.09. The van der Waals surface area contributed by atoms with Crippen molar-refractivity contribution in [1.82, 2.24) is 15.1 Å². The fourth-order valence-corrected chi connectivity index (χ4v) is 7.29. The minimum atomic E-state index is -0.909. The average Bonchev–Trinajstić information content (AvgIpc) is 3.38. The van der Waals surface area contributed by atoms with Gasteiger partial charge in [0.25, 0.3) is 11.8 Å². The minimum absolute atomic E-state index is 0.0528. The molecule has 8 rings (SSSR count). The quantitative estimate of drug-likeness (QED) is 0.605. The number of likely N-dealkylation sites (tertiary alicyclic amines) is 1. The number of piperidine rings is 2. The van der Waals surface area contributed by atoms with Gasteiger partial charge in [0.2, 0.25) is 5.91 Å². The Kier molecular flexibility index (Phi) is 5.18. The van der Waals surface area contributed by atoms with Crippen LogP contribution in [0.5, 0.6) is 5.75 Å². The molecule has 2 bridgehead atoms. The topological polar surface area (TPSA) is 79.0 Å². The number of fused-ring (bicyclic) bond motifs is 3. The number of hydrogen-bond donors (Lipinski definition) is 1. The van der Waals surface area contributed by atoms with E-state index in [1.54, 1.807) is 17.0 Å². The summed E-state index contributed by atoms with van der Waals surface area (Å²) in [6.07, 6.45) is 3.97. The van der Waals surface area contributed by atoms with Crippen molar-refractivity contribution in [1.29, 1.82) is 0 Å². The van der Waals surface area contributed by atoms with Crippen LogP contribution in [0.25, 0.3) is 0 Å². The highest BCUT2D eigenvalue weighted by atomic mass is 35.5. The molecule has 192 valence electrons. The van der Waals surface area contributed by atoms with Crippen molar-refractivity contribution < 1.29 is 23.5 Å². The zero-order valence-electron chi connectivity index (χ0n) is 20.2. The molecule has 37 heavy (non-hydrogen) atoms. The molecule has 5 fully saturated rings. The molecule has 7 nitrogen and oxygen atoms in total. The van der Waals surface area contributed by atoms with Gasteiger partial charge in [-0.15, -0.1) is 0 Å². The summed E-state index contributed by atoms with van der Waals surface area (Å²) >= 11 is 6.27. The molecule has 2 aromatic carbocycles. The predicted molar refractivity (Wildman–Crippen MR) is 133 cm³/mol. The lowest BCUT2D eigenvalue weighted by molar-refractivity contribution is -0.160. The summed E-state index contributed by atoms with van der Waals surface area (Å²) in [7, 11) is 0. The first-order chi connectivity index (χ1) is 17.8. The molecule has 4 heterocycles. The van der Waals surface area contributed by atoms with E-state index in [1.165, 1.54) is 12.1 Å². The van der Waals surface area contributed by atoms with Crippen LogP contribution in [0, 0.1) is 11.7 Å². The zero-order valence-corrected chi connectivity index (χ0v) is 21.0. The van der Waals surface area contributed by atoms with Gasteiger partial charge in [0.15, 0.2) is 0 Å². The van der Waals surface area contributed by atoms with Gasteiger partial charge in [-0.3, -0.25) is 24.6 Å². The smallest absolute Gasteiger partial charge is 0.255 e. The fraction of sp³-hybridized carbons (Fsp3) is 0.464. The first kappa shape index (κ1) is 23.2. The van der Waals surface area contributed by atoms with Crippen LogP contribution in [0.3, 0.4) is 0 Å². The maximum atomic E-state index is 13.4. The van der Waals surface area contributed by atoms with Crippen LogP contribution in [0.4, 0.5) is 4.39 Å². The first-order valence-electron chi connectivity index (χ1n) is 13.0. The molecule has 6 aliphatic rings. The molecule has 1 N–H and O–H groups in total. The Balaban J connectivity index is 1.02. The molecule has 3 amide bonds. The van der Waals surface area contributed by atoms with E-state index in [4.69, 9.17) is 16.3 Å². The molecule has 2 saturated carbocycles. The Morgan fingerprint density at radius 3 is 2.59 bits per heavy atom. The summed E-state index contributed by atoms with van der Waals surface area (Å²) in [5.74, 6) is -0.224. The third-order valence-electron chi connectivity index (χ3n) is 9.08. The summed E-state index contributed by atoms with van der Waals surface area (Å²) in [5, 5.41) is 2.91. The number of amides is 3. The Hall–Kier alpha value is -2.97. The van der Waals surface area contributed by atoms with Crippen molar-refractivity contribution in [3.8, 4) is 5.75 Å². The number of hydrogen-bond acceptors (Lipinski definition) is 5. The predicted octanol–water partition coefficient (Wildman–Crippen LogP) is 3.64. The fourth-order valence-electron chi connectivity index (χ4n) is 6.96. The molecule has 2 aliphatic carbocycles. The van der Waals surface area contributed by atoms with Gasteiger partial charge in [-0.1, -0.05) is 17.7 Å². The average molecular weight is 524 g/mol. The van der Waals surface area contributed by atoms with Crippen LogP contribution >= 0.6 is 11.6 Å². The van der Waals surface area contributed by atoms with Gasteiger partial charge in [0, 0.05) is 48.1 Å². The van der Waals surface area contributed by atoms with Gasteiger partial charge in [-0.05, 0) is 73.6 Å². The Labute approximate surface area is 218 Å². The van der Waals surface area contributed by atoms with Crippen molar-refractivity contribution in [2.75, 3.05) is 13.1 Å². The van der Waals surface area contributed by atoms with Gasteiger partial charge in [0.05, 0.1) is 0 Å². The number of carbonyl (C=O) groups excluding carboxylic acids is 3. The second-order valence-electron chi connectivity index (χ2n) is 11.1. The van der Waals surface area contributed by atoms with Crippen LogP contribution in [0.15, 0.2) is 36.4 Å². The molecule has 0 unspecified atom stereocenters. The first-order valence-corrected chi connectivity index (χ1v) is 13.4. The van der Waals surface area contributed by atoms with E-state index in [1.807, 2.05) is 12.1 Å². The maximum absolute atomic E-state index is 13.4. The lowest BCUT2D eigenvalue weighted by atomic mass is 9.63. The highest BCUT2D eigenvalue weighted by Crippen LogP contribution is 2.49. The number of rotatable bonds is 5. The molecule has 0 radical (unpaired) electrons. The second kappa shape index (κ2) is 8.27. The minimum Gasteiger partial charge on any atom is -0.489 e. The van der Waals surface area contributed by atoms with Gasteiger partial charge in [0.1, 0.15) is 23.2 Å². The third-order valence-corrected chi connectivity index (χ3v) is 9.41. The molecular weight excluding hydrogens is 497 g/mol. The number of imide groups is 1. The number of nitrogens with zero attached hydrogens (tertiary/aromatic N) is 2. The molecule has 2 atom stereocenters. The van der Waals surface area contributed by atoms with Gasteiger partial charge < -0.3 is 9.64 Å². The summed E-state index contributed by atoms with van der Waals surface area (Å²) in [5.41, 5.74) is 1.54. The summed E-state index contributed by atoms with van der Waals surface area (Å²) in [4.78, 5) is 41.7. The molecule has 4 aliphatic heterocycles. The Morgan fingerprint density at radius 2 is 1.84 bits per heavy atom. The largest absolute Gasteiger partial charge is 0.489 e. The second-order valence-corrected chi connectivity index (χ2v) is 11.5. The van der Waals surface area contributed by atoms with E-state index in [-0.39, 0.29) is 35.6 Å². The van der Waals surface area contributed by atoms with E-state index in [9.17, 15) is 18.8 Å². The van der Waals surface area contributed by atoms with E-state index < -0.39 is 5.54 Å². The number of benzene rings is 2. The van der Waals surface area contributed by atoms with Gasteiger partial charge in [-0.25, -0.2) is 4.39 Å². The van der Waals surface area contributed by atoms with Gasteiger partial charge >= 0.3 is 0 Å². The molecule has 2 aromatic rings. The van der Waals surface area contributed by atoms with E-state index in [0.717, 1.165) is 49.2 Å². The van der Waals surface area contributed by atoms with E-state index in [2.05, 4.69) is 10.2 Å². The Morgan fingerprint density at radius 1 is 1.03 bits per heavy atom. The number of halogens is 2. The molecule has 0 aromatic heterocycles. The third kappa shape index (κ3) is 3.52. The normalized spacial score (nSPS) is 31.1. The van der Waals surface area contributed by atoms with Crippen LogP contribution in [0.2, 0.25) is 5.02 Å². The maximum Gasteiger partial charge on any atom is 0.255 e. The SMILES string of the molecule is O=C1NC(=O)C2(N3Cc4cc(O[C@@H]5CCC[C@H]5N5CC(c6ccc(F)cc6Cl)C5)ccc4C3=O)CC1C2. The van der Waals surface area contributed by atoms with Crippen molar-refractivity contribution in [3.05, 3.63) is 63.9 Å². The van der Waals surface area contributed by atoms with E-state index in [0.29, 0.717) is 41.9 Å². The van der Waals surface area contributed by atoms with Crippen LogP contribution in [-0.4, -0.2) is 58.3 Å². The molecule has 9 heteroatoms. The summed E-state index contributed by atoms with van der Waals surface area (Å²) < 4.78 is 19.9. The zero-order chi connectivity index (χ0) is 25.5. The lowest BCUT2D eigenvalue weighted by Crippen LogP contribution is -2.73. The number of carbonyl (C=O) groups is 3. The standard InChI is InChI=1S/C28H27ClFN3O4/c29-22-9-18(30)4-6-20(22)17-12-32(13-17)23-2-1-3-24(23)37-19-5-7-21-15(8-19)14-33(26(21)35)28-10-16(11-28)25(34)31-27(28)36/h4-9,16-17,23-24H,1-3,10-14H2,(H,31,34,36)/t16?,23-,24-,28?/m1/s1. The van der Waals surface area contributed by atoms with Crippen molar-refractivity contribution in [3.63, 3.8) is 0 Å². The highest BCUT2D eigenvalue weighted by molar-refractivity contribution is 6.31. The van der Waals surface area contributed by atoms with E-state index >= 15 is 0 Å². The molecular formula is C28H27ClFN3O4. The van der Waals surface area contributed by atoms with Gasteiger partial charge in [-0.2, -0.15) is 0 Å². The van der Waals surface area contributed by atoms with Crippen LogP contribution < -0.4 is 10.1 Å².